The highest BCUT2D eigenvalue weighted by Gasteiger charge is 2.30. The molecule has 1 aliphatic heterocycles. The van der Waals surface area contributed by atoms with Gasteiger partial charge in [0.15, 0.2) is 0 Å². The number of carbonyl (C=O) groups is 2. The minimum atomic E-state index is -0.268. The maximum atomic E-state index is 12.9. The van der Waals surface area contributed by atoms with Gasteiger partial charge in [0.25, 0.3) is 5.56 Å². The molecule has 2 unspecified atom stereocenters. The molecule has 3 heterocycles. The average Bonchev–Trinajstić information content (AvgIpc) is 2.99. The molecule has 1 saturated heterocycles. The van der Waals surface area contributed by atoms with E-state index in [1.54, 1.807) is 4.90 Å². The quantitative estimate of drug-likeness (QED) is 0.726. The van der Waals surface area contributed by atoms with Gasteiger partial charge < -0.3 is 15.2 Å². The number of H-pyrrole nitrogens is 1. The van der Waals surface area contributed by atoms with Crippen LogP contribution in [-0.4, -0.2) is 51.6 Å². The van der Waals surface area contributed by atoms with Crippen LogP contribution in [0.3, 0.4) is 0 Å². The van der Waals surface area contributed by atoms with Crippen molar-refractivity contribution in [2.45, 2.75) is 51.5 Å². The van der Waals surface area contributed by atoms with Crippen LogP contribution in [0.15, 0.2) is 4.79 Å². The lowest BCUT2D eigenvalue weighted by Crippen LogP contribution is -2.47. The van der Waals surface area contributed by atoms with Gasteiger partial charge in [-0.3, -0.25) is 14.4 Å². The zero-order valence-corrected chi connectivity index (χ0v) is 19.0. The lowest BCUT2D eigenvalue weighted by Gasteiger charge is -2.33. The van der Waals surface area contributed by atoms with Crippen LogP contribution >= 0.6 is 23.1 Å². The van der Waals surface area contributed by atoms with Crippen LogP contribution in [-0.2, 0) is 15.3 Å². The van der Waals surface area contributed by atoms with E-state index in [9.17, 15) is 14.4 Å². The summed E-state index contributed by atoms with van der Waals surface area (Å²) in [6.45, 7) is 9.47. The number of aromatic amines is 1. The zero-order chi connectivity index (χ0) is 21.1. The second kappa shape index (κ2) is 9.30. The molecule has 1 fully saturated rings. The summed E-state index contributed by atoms with van der Waals surface area (Å²) in [6.07, 6.45) is 1.66. The Hall–Kier alpha value is -1.87. The summed E-state index contributed by atoms with van der Waals surface area (Å²) in [5.74, 6) is 0.988. The summed E-state index contributed by atoms with van der Waals surface area (Å²) < 4.78 is 0. The standard InChI is InChI=1S/C20H28N4O3S2/c1-5-21-17(25)14-7-6-8-24(9-14)20(27)13(4)28-10-15-22-18(26)16-11(2)12(3)29-19(16)23-15/h13-14H,5-10H2,1-4H3,(H,21,25)(H,22,23,26). The van der Waals surface area contributed by atoms with Crippen molar-refractivity contribution in [3.8, 4) is 0 Å². The number of amides is 2. The molecular weight excluding hydrogens is 408 g/mol. The topological polar surface area (TPSA) is 95.2 Å². The van der Waals surface area contributed by atoms with Crippen LogP contribution in [0.4, 0.5) is 0 Å². The average molecular weight is 437 g/mol. The minimum Gasteiger partial charge on any atom is -0.356 e. The van der Waals surface area contributed by atoms with Gasteiger partial charge in [0, 0.05) is 24.5 Å². The molecule has 158 valence electrons. The molecule has 2 atom stereocenters. The first-order valence-corrected chi connectivity index (χ1v) is 11.8. The van der Waals surface area contributed by atoms with E-state index in [4.69, 9.17) is 0 Å². The normalized spacial score (nSPS) is 18.1. The van der Waals surface area contributed by atoms with Gasteiger partial charge in [0.2, 0.25) is 11.8 Å². The molecule has 0 aromatic carbocycles. The maximum absolute atomic E-state index is 12.9. The van der Waals surface area contributed by atoms with E-state index in [1.165, 1.54) is 23.1 Å². The fourth-order valence-corrected chi connectivity index (χ4v) is 5.49. The Bertz CT molecular complexity index is 969. The molecule has 0 saturated carbocycles. The lowest BCUT2D eigenvalue weighted by molar-refractivity contribution is -0.135. The molecule has 1 aliphatic rings. The highest BCUT2D eigenvalue weighted by Crippen LogP contribution is 2.27. The first-order chi connectivity index (χ1) is 13.8. The second-order valence-electron chi connectivity index (χ2n) is 7.45. The molecule has 0 bridgehead atoms. The third-order valence-corrected chi connectivity index (χ3v) is 7.60. The van der Waals surface area contributed by atoms with Crippen LogP contribution in [0.1, 0.15) is 43.0 Å². The van der Waals surface area contributed by atoms with Gasteiger partial charge in [0.05, 0.1) is 22.3 Å². The van der Waals surface area contributed by atoms with Gasteiger partial charge in [0.1, 0.15) is 10.7 Å². The highest BCUT2D eigenvalue weighted by molar-refractivity contribution is 7.99. The van der Waals surface area contributed by atoms with Gasteiger partial charge in [-0.2, -0.15) is 0 Å². The van der Waals surface area contributed by atoms with Gasteiger partial charge in [-0.1, -0.05) is 0 Å². The lowest BCUT2D eigenvalue weighted by atomic mass is 9.97. The van der Waals surface area contributed by atoms with Crippen LogP contribution in [0.5, 0.6) is 0 Å². The molecule has 3 rings (SSSR count). The van der Waals surface area contributed by atoms with E-state index in [2.05, 4.69) is 15.3 Å². The first kappa shape index (κ1) is 21.8. The smallest absolute Gasteiger partial charge is 0.259 e. The number of thiophene rings is 1. The van der Waals surface area contributed by atoms with Crippen molar-refractivity contribution < 1.29 is 9.59 Å². The van der Waals surface area contributed by atoms with Gasteiger partial charge in [-0.25, -0.2) is 4.98 Å². The molecule has 9 heteroatoms. The van der Waals surface area contributed by atoms with Crippen molar-refractivity contribution in [2.75, 3.05) is 19.6 Å². The number of piperidine rings is 1. The van der Waals surface area contributed by atoms with Crippen molar-refractivity contribution in [1.29, 1.82) is 0 Å². The maximum Gasteiger partial charge on any atom is 0.259 e. The molecule has 2 N–H and O–H groups in total. The predicted octanol–water partition coefficient (Wildman–Crippen LogP) is 2.60. The Morgan fingerprint density at radius 1 is 1.41 bits per heavy atom. The number of carbonyl (C=O) groups excluding carboxylic acids is 2. The third kappa shape index (κ3) is 4.83. The fourth-order valence-electron chi connectivity index (χ4n) is 3.61. The number of aromatic nitrogens is 2. The van der Waals surface area contributed by atoms with E-state index >= 15 is 0 Å². The second-order valence-corrected chi connectivity index (χ2v) is 9.98. The van der Waals surface area contributed by atoms with Crippen molar-refractivity contribution in [1.82, 2.24) is 20.2 Å². The van der Waals surface area contributed by atoms with Gasteiger partial charge in [-0.15, -0.1) is 23.1 Å². The van der Waals surface area contributed by atoms with E-state index < -0.39 is 0 Å². The molecule has 0 aliphatic carbocycles. The molecule has 2 amide bonds. The number of hydrogen-bond donors (Lipinski definition) is 2. The number of thioether (sulfide) groups is 1. The Labute approximate surface area is 178 Å². The summed E-state index contributed by atoms with van der Waals surface area (Å²) in [5, 5.41) is 3.25. The SMILES string of the molecule is CCNC(=O)C1CCCN(C(=O)C(C)SCc2nc3sc(C)c(C)c3c(=O)[nH]2)C1. The van der Waals surface area contributed by atoms with E-state index in [0.29, 0.717) is 36.6 Å². The number of nitrogens with one attached hydrogen (secondary N) is 2. The molecule has 2 aromatic rings. The number of likely N-dealkylation sites (tertiary alicyclic amines) is 1. The van der Waals surface area contributed by atoms with Crippen LogP contribution in [0.2, 0.25) is 0 Å². The first-order valence-electron chi connectivity index (χ1n) is 9.98. The van der Waals surface area contributed by atoms with Crippen molar-refractivity contribution in [3.05, 3.63) is 26.6 Å². The molecule has 29 heavy (non-hydrogen) atoms. The molecule has 2 aromatic heterocycles. The Morgan fingerprint density at radius 3 is 2.90 bits per heavy atom. The monoisotopic (exact) mass is 436 g/mol. The molecule has 7 nitrogen and oxygen atoms in total. The largest absolute Gasteiger partial charge is 0.356 e. The van der Waals surface area contributed by atoms with Crippen LogP contribution in [0.25, 0.3) is 10.2 Å². The Balaban J connectivity index is 1.62. The van der Waals surface area contributed by atoms with Gasteiger partial charge >= 0.3 is 0 Å². The van der Waals surface area contributed by atoms with E-state index in [1.807, 2.05) is 27.7 Å². The van der Waals surface area contributed by atoms with Crippen LogP contribution in [0, 0.1) is 19.8 Å². The Kier molecular flexibility index (Phi) is 7.00. The number of aryl methyl sites for hydroxylation is 2. The number of rotatable bonds is 6. The van der Waals surface area contributed by atoms with Crippen LogP contribution < -0.4 is 10.9 Å². The van der Waals surface area contributed by atoms with Gasteiger partial charge in [-0.05, 0) is 46.1 Å². The summed E-state index contributed by atoms with van der Waals surface area (Å²) in [4.78, 5) is 48.5. The van der Waals surface area contributed by atoms with Crippen molar-refractivity contribution >= 4 is 45.1 Å². The summed E-state index contributed by atoms with van der Waals surface area (Å²) in [6, 6.07) is 0. The number of fused-ring (bicyclic) bond motifs is 1. The van der Waals surface area contributed by atoms with E-state index in [0.717, 1.165) is 28.1 Å². The molecule has 0 radical (unpaired) electrons. The van der Waals surface area contributed by atoms with E-state index in [-0.39, 0.29) is 28.5 Å². The number of nitrogens with zero attached hydrogens (tertiary/aromatic N) is 2. The third-order valence-electron chi connectivity index (χ3n) is 5.36. The molecular formula is C20H28N4O3S2. The summed E-state index contributed by atoms with van der Waals surface area (Å²) in [7, 11) is 0. The predicted molar refractivity (Wildman–Crippen MR) is 118 cm³/mol. The zero-order valence-electron chi connectivity index (χ0n) is 17.3. The minimum absolute atomic E-state index is 0.0296. The molecule has 0 spiro atoms. The van der Waals surface area contributed by atoms with Crippen molar-refractivity contribution in [3.63, 3.8) is 0 Å². The summed E-state index contributed by atoms with van der Waals surface area (Å²) in [5.41, 5.74) is 0.862. The Morgan fingerprint density at radius 2 is 2.17 bits per heavy atom. The highest BCUT2D eigenvalue weighted by atomic mass is 32.2. The fraction of sp³-hybridized carbons (Fsp3) is 0.600. The number of hydrogen-bond acceptors (Lipinski definition) is 6. The summed E-state index contributed by atoms with van der Waals surface area (Å²) >= 11 is 2.98. The van der Waals surface area contributed by atoms with Crippen molar-refractivity contribution in [2.24, 2.45) is 5.92 Å².